The molecule has 2 aromatic carbocycles. The van der Waals surface area contributed by atoms with Crippen molar-refractivity contribution in [1.29, 1.82) is 0 Å². The SMILES string of the molecule is Cc1c2c(c(CC(C)(C)CNC(=O)c3ccccc3O)c(C)c1NS(C)(=O)=O)N(CC(C)(C)C)CC2. The van der Waals surface area contributed by atoms with Gasteiger partial charge >= 0.3 is 0 Å². The number of amides is 1. The summed E-state index contributed by atoms with van der Waals surface area (Å²) in [5.74, 6) is -0.366. The maximum absolute atomic E-state index is 12.7. The van der Waals surface area contributed by atoms with Gasteiger partial charge in [-0.1, -0.05) is 46.8 Å². The van der Waals surface area contributed by atoms with Gasteiger partial charge in [0.2, 0.25) is 10.0 Å². The molecule has 7 nitrogen and oxygen atoms in total. The van der Waals surface area contributed by atoms with E-state index in [4.69, 9.17) is 0 Å². The first kappa shape index (κ1) is 27.8. The molecule has 0 unspecified atom stereocenters. The Morgan fingerprint density at radius 3 is 2.31 bits per heavy atom. The fourth-order valence-corrected chi connectivity index (χ4v) is 5.75. The number of nitrogens with zero attached hydrogens (tertiary/aromatic N) is 1. The summed E-state index contributed by atoms with van der Waals surface area (Å²) in [6.45, 7) is 17.0. The van der Waals surface area contributed by atoms with Gasteiger partial charge in [0, 0.05) is 25.3 Å². The molecular formula is C28H41N3O4S. The van der Waals surface area contributed by atoms with Gasteiger partial charge in [-0.3, -0.25) is 9.52 Å². The number of benzene rings is 2. The Hall–Kier alpha value is -2.74. The predicted octanol–water partition coefficient (Wildman–Crippen LogP) is 4.79. The van der Waals surface area contributed by atoms with Crippen molar-refractivity contribution in [1.82, 2.24) is 5.32 Å². The monoisotopic (exact) mass is 515 g/mol. The van der Waals surface area contributed by atoms with E-state index in [-0.39, 0.29) is 28.1 Å². The molecule has 0 saturated heterocycles. The Morgan fingerprint density at radius 1 is 1.08 bits per heavy atom. The average Bonchev–Trinajstić information content (AvgIpc) is 3.14. The molecule has 8 heteroatoms. The van der Waals surface area contributed by atoms with Crippen LogP contribution in [-0.2, 0) is 22.9 Å². The van der Waals surface area contributed by atoms with Gasteiger partial charge in [-0.2, -0.15) is 0 Å². The number of rotatable bonds is 8. The molecule has 0 aliphatic carbocycles. The van der Waals surface area contributed by atoms with Gasteiger partial charge in [0.25, 0.3) is 5.91 Å². The zero-order chi connectivity index (χ0) is 27.1. The Balaban J connectivity index is 1.99. The van der Waals surface area contributed by atoms with Crippen molar-refractivity contribution < 1.29 is 18.3 Å². The zero-order valence-electron chi connectivity index (χ0n) is 22.9. The van der Waals surface area contributed by atoms with Crippen LogP contribution in [0, 0.1) is 24.7 Å². The van der Waals surface area contributed by atoms with Gasteiger partial charge in [0.15, 0.2) is 0 Å². The second kappa shape index (κ2) is 9.96. The summed E-state index contributed by atoms with van der Waals surface area (Å²) < 4.78 is 27.2. The number of hydrogen-bond acceptors (Lipinski definition) is 5. The molecule has 1 amide bonds. The third-order valence-electron chi connectivity index (χ3n) is 6.66. The Kier molecular flexibility index (Phi) is 7.70. The number of hydrogen-bond donors (Lipinski definition) is 3. The third kappa shape index (κ3) is 6.52. The summed E-state index contributed by atoms with van der Waals surface area (Å²) >= 11 is 0. The number of carbonyl (C=O) groups is 1. The lowest BCUT2D eigenvalue weighted by atomic mass is 9.81. The highest BCUT2D eigenvalue weighted by Gasteiger charge is 2.33. The van der Waals surface area contributed by atoms with Gasteiger partial charge in [-0.05, 0) is 71.9 Å². The lowest BCUT2D eigenvalue weighted by Crippen LogP contribution is -2.36. The smallest absolute Gasteiger partial charge is 0.255 e. The second-order valence-corrected chi connectivity index (χ2v) is 13.8. The number of sulfonamides is 1. The number of anilines is 2. The topological polar surface area (TPSA) is 98.7 Å². The fourth-order valence-electron chi connectivity index (χ4n) is 5.07. The average molecular weight is 516 g/mol. The van der Waals surface area contributed by atoms with Crippen LogP contribution in [0.3, 0.4) is 0 Å². The second-order valence-electron chi connectivity index (χ2n) is 12.1. The van der Waals surface area contributed by atoms with Crippen molar-refractivity contribution in [2.45, 2.75) is 61.3 Å². The highest BCUT2D eigenvalue weighted by atomic mass is 32.2. The largest absolute Gasteiger partial charge is 0.507 e. The van der Waals surface area contributed by atoms with Crippen molar-refractivity contribution in [3.63, 3.8) is 0 Å². The maximum atomic E-state index is 12.7. The molecule has 0 spiro atoms. The van der Waals surface area contributed by atoms with E-state index < -0.39 is 10.0 Å². The van der Waals surface area contributed by atoms with Gasteiger partial charge < -0.3 is 15.3 Å². The lowest BCUT2D eigenvalue weighted by Gasteiger charge is -2.34. The zero-order valence-corrected chi connectivity index (χ0v) is 23.7. The highest BCUT2D eigenvalue weighted by molar-refractivity contribution is 7.92. The molecule has 1 aliphatic heterocycles. The van der Waals surface area contributed by atoms with Crippen LogP contribution in [-0.4, -0.2) is 45.3 Å². The fraction of sp³-hybridized carbons (Fsp3) is 0.536. The summed E-state index contributed by atoms with van der Waals surface area (Å²) in [6.07, 6.45) is 2.71. The molecule has 0 fully saturated rings. The number of phenolic OH excluding ortho intramolecular Hbond substituents is 1. The molecule has 3 N–H and O–H groups in total. The van der Waals surface area contributed by atoms with E-state index in [0.717, 1.165) is 36.2 Å². The number of aromatic hydroxyl groups is 1. The standard InChI is InChI=1S/C28H41N3O4S/c1-18-20-13-14-31(17-27(3,4)5)25(20)22(19(2)24(18)30-36(8,34)35)15-28(6,7)16-29-26(33)21-11-9-10-12-23(21)32/h9-12,30,32H,13-17H2,1-8H3,(H,29,33). The highest BCUT2D eigenvalue weighted by Crippen LogP contribution is 2.44. The third-order valence-corrected chi connectivity index (χ3v) is 7.23. The molecule has 0 aromatic heterocycles. The van der Waals surface area contributed by atoms with Crippen LogP contribution in [0.2, 0.25) is 0 Å². The van der Waals surface area contributed by atoms with Crippen LogP contribution in [0.5, 0.6) is 5.75 Å². The molecule has 0 radical (unpaired) electrons. The summed E-state index contributed by atoms with van der Waals surface area (Å²) in [5, 5.41) is 13.0. The van der Waals surface area contributed by atoms with E-state index in [1.807, 2.05) is 13.8 Å². The quantitative estimate of drug-likeness (QED) is 0.470. The van der Waals surface area contributed by atoms with E-state index in [1.54, 1.807) is 18.2 Å². The summed E-state index contributed by atoms with van der Waals surface area (Å²) in [6, 6.07) is 6.50. The van der Waals surface area contributed by atoms with Gasteiger partial charge in [0.05, 0.1) is 17.5 Å². The molecular weight excluding hydrogens is 474 g/mol. The van der Waals surface area contributed by atoms with Crippen LogP contribution in [0.25, 0.3) is 0 Å². The number of nitrogens with one attached hydrogen (secondary N) is 2. The van der Waals surface area contributed by atoms with Crippen molar-refractivity contribution >= 4 is 27.3 Å². The van der Waals surface area contributed by atoms with Crippen LogP contribution in [0.1, 0.15) is 67.2 Å². The minimum atomic E-state index is -3.44. The van der Waals surface area contributed by atoms with Crippen LogP contribution >= 0.6 is 0 Å². The molecule has 0 saturated carbocycles. The van der Waals surface area contributed by atoms with E-state index >= 15 is 0 Å². The predicted molar refractivity (Wildman–Crippen MR) is 148 cm³/mol. The van der Waals surface area contributed by atoms with Crippen molar-refractivity contribution in [2.75, 3.05) is 35.5 Å². The summed E-state index contributed by atoms with van der Waals surface area (Å²) in [7, 11) is -3.44. The maximum Gasteiger partial charge on any atom is 0.255 e. The van der Waals surface area contributed by atoms with Gasteiger partial charge in [-0.15, -0.1) is 0 Å². The first-order valence-electron chi connectivity index (χ1n) is 12.4. The van der Waals surface area contributed by atoms with Crippen molar-refractivity contribution in [3.8, 4) is 5.75 Å². The molecule has 2 aromatic rings. The molecule has 36 heavy (non-hydrogen) atoms. The minimum Gasteiger partial charge on any atom is -0.507 e. The van der Waals surface area contributed by atoms with Crippen LogP contribution < -0.4 is 14.9 Å². The first-order chi connectivity index (χ1) is 16.5. The molecule has 0 bridgehead atoms. The van der Waals surface area contributed by atoms with Gasteiger partial charge in [-0.25, -0.2) is 8.42 Å². The molecule has 0 atom stereocenters. The summed E-state index contributed by atoms with van der Waals surface area (Å²) in [4.78, 5) is 15.2. The Morgan fingerprint density at radius 2 is 1.72 bits per heavy atom. The van der Waals surface area contributed by atoms with Crippen LogP contribution in [0.15, 0.2) is 24.3 Å². The number of para-hydroxylation sites is 1. The summed E-state index contributed by atoms with van der Waals surface area (Å²) in [5.41, 5.74) is 6.12. The molecule has 3 rings (SSSR count). The van der Waals surface area contributed by atoms with Crippen molar-refractivity contribution in [2.24, 2.45) is 10.8 Å². The van der Waals surface area contributed by atoms with E-state index in [9.17, 15) is 18.3 Å². The Bertz CT molecular complexity index is 1260. The minimum absolute atomic E-state index is 0.0469. The normalized spacial score (nSPS) is 14.1. The Labute approximate surface area is 216 Å². The number of phenols is 1. The molecule has 198 valence electrons. The first-order valence-corrected chi connectivity index (χ1v) is 14.3. The number of fused-ring (bicyclic) bond motifs is 1. The van der Waals surface area contributed by atoms with E-state index in [1.165, 1.54) is 23.6 Å². The van der Waals surface area contributed by atoms with Crippen LogP contribution in [0.4, 0.5) is 11.4 Å². The lowest BCUT2D eigenvalue weighted by molar-refractivity contribution is 0.0933. The molecule has 1 aliphatic rings. The molecule has 1 heterocycles. The van der Waals surface area contributed by atoms with Gasteiger partial charge in [0.1, 0.15) is 5.75 Å². The van der Waals surface area contributed by atoms with E-state index in [2.05, 4.69) is 49.6 Å². The van der Waals surface area contributed by atoms with Crippen molar-refractivity contribution in [3.05, 3.63) is 52.1 Å². The number of carbonyl (C=O) groups excluding carboxylic acids is 1. The van der Waals surface area contributed by atoms with E-state index in [0.29, 0.717) is 18.7 Å².